The fourth-order valence-electron chi connectivity index (χ4n) is 1.78. The van der Waals surface area contributed by atoms with E-state index in [9.17, 15) is 0 Å². The van der Waals surface area contributed by atoms with Gasteiger partial charge < -0.3 is 10.6 Å². The minimum absolute atomic E-state index is 0.0878. The molecule has 0 saturated carbocycles. The topological polar surface area (TPSA) is 29.3 Å². The first kappa shape index (κ1) is 12.1. The van der Waals surface area contributed by atoms with Crippen molar-refractivity contribution < 1.29 is 0 Å². The van der Waals surface area contributed by atoms with Gasteiger partial charge in [0.15, 0.2) is 0 Å². The van der Waals surface area contributed by atoms with Crippen molar-refractivity contribution >= 4 is 17.0 Å². The number of benzene rings is 1. The molecule has 0 spiro atoms. The molecule has 1 atom stereocenters. The number of nitrogens with two attached hydrogens (primary N) is 1. The van der Waals surface area contributed by atoms with E-state index >= 15 is 0 Å². The second-order valence-corrected chi connectivity index (χ2v) is 5.41. The summed E-state index contributed by atoms with van der Waals surface area (Å²) in [6.07, 6.45) is 0.916. The number of thiophene rings is 1. The Morgan fingerprint density at radius 3 is 2.41 bits per heavy atom. The van der Waals surface area contributed by atoms with Crippen LogP contribution >= 0.6 is 11.3 Å². The van der Waals surface area contributed by atoms with Crippen molar-refractivity contribution in [3.8, 4) is 0 Å². The van der Waals surface area contributed by atoms with Crippen molar-refractivity contribution in [2.75, 3.05) is 19.0 Å². The maximum atomic E-state index is 6.21. The number of nitrogens with zero attached hydrogens (tertiary/aromatic N) is 1. The molecule has 0 amide bonds. The lowest BCUT2D eigenvalue weighted by atomic mass is 10.0. The zero-order valence-electron chi connectivity index (χ0n) is 10.3. The molecule has 1 aromatic heterocycles. The van der Waals surface area contributed by atoms with E-state index in [-0.39, 0.29) is 6.04 Å². The van der Waals surface area contributed by atoms with E-state index < -0.39 is 0 Å². The third-order valence-electron chi connectivity index (χ3n) is 2.84. The largest absolute Gasteiger partial charge is 0.378 e. The second-order valence-electron chi connectivity index (χ2n) is 4.38. The Kier molecular flexibility index (Phi) is 3.82. The molecule has 90 valence electrons. The predicted octanol–water partition coefficient (Wildman–Crippen LogP) is 3.06. The normalized spacial score (nSPS) is 12.4. The van der Waals surface area contributed by atoms with Crippen molar-refractivity contribution in [2.24, 2.45) is 5.73 Å². The molecule has 2 nitrogen and oxygen atoms in total. The van der Waals surface area contributed by atoms with Crippen molar-refractivity contribution in [1.29, 1.82) is 0 Å². The molecule has 2 aromatic rings. The molecule has 0 bridgehead atoms. The smallest absolute Gasteiger partial charge is 0.0361 e. The van der Waals surface area contributed by atoms with Crippen molar-refractivity contribution in [2.45, 2.75) is 12.5 Å². The van der Waals surface area contributed by atoms with Crippen LogP contribution in [0, 0.1) is 0 Å². The van der Waals surface area contributed by atoms with Gasteiger partial charge in [0, 0.05) is 37.1 Å². The molecule has 2 rings (SSSR count). The Labute approximate surface area is 107 Å². The van der Waals surface area contributed by atoms with Gasteiger partial charge in [0.25, 0.3) is 0 Å². The molecule has 1 heterocycles. The van der Waals surface area contributed by atoms with Gasteiger partial charge in [-0.3, -0.25) is 0 Å². The van der Waals surface area contributed by atoms with Gasteiger partial charge in [0.05, 0.1) is 0 Å². The highest BCUT2D eigenvalue weighted by Crippen LogP contribution is 2.21. The molecule has 17 heavy (non-hydrogen) atoms. The molecule has 1 unspecified atom stereocenters. The average Bonchev–Trinajstić information content (AvgIpc) is 2.82. The highest BCUT2D eigenvalue weighted by atomic mass is 32.1. The number of anilines is 1. The SMILES string of the molecule is CN(C)c1ccc(C(N)Cc2cccs2)cc1. The van der Waals surface area contributed by atoms with Gasteiger partial charge in [-0.1, -0.05) is 18.2 Å². The molecule has 0 aliphatic carbocycles. The molecule has 0 radical (unpaired) electrons. The monoisotopic (exact) mass is 246 g/mol. The van der Waals surface area contributed by atoms with Crippen LogP contribution in [-0.4, -0.2) is 14.1 Å². The Morgan fingerprint density at radius 1 is 1.18 bits per heavy atom. The fourth-order valence-corrected chi connectivity index (χ4v) is 2.55. The van der Waals surface area contributed by atoms with Gasteiger partial charge in [0.1, 0.15) is 0 Å². The van der Waals surface area contributed by atoms with Crippen LogP contribution in [0.4, 0.5) is 5.69 Å². The quantitative estimate of drug-likeness (QED) is 0.898. The Hall–Kier alpha value is -1.32. The van der Waals surface area contributed by atoms with Gasteiger partial charge in [-0.15, -0.1) is 11.3 Å². The van der Waals surface area contributed by atoms with E-state index in [1.807, 2.05) is 14.1 Å². The standard InChI is InChI=1S/C14H18N2S/c1-16(2)12-7-5-11(6-8-12)14(15)10-13-4-3-9-17-13/h3-9,14H,10,15H2,1-2H3. The van der Waals surface area contributed by atoms with Crippen LogP contribution in [0.3, 0.4) is 0 Å². The molecular weight excluding hydrogens is 228 g/mol. The van der Waals surface area contributed by atoms with E-state index in [0.29, 0.717) is 0 Å². The molecule has 0 fully saturated rings. The fraction of sp³-hybridized carbons (Fsp3) is 0.286. The van der Waals surface area contributed by atoms with Crippen LogP contribution in [0.1, 0.15) is 16.5 Å². The summed E-state index contributed by atoms with van der Waals surface area (Å²) in [5, 5.41) is 2.09. The predicted molar refractivity (Wildman–Crippen MR) is 75.7 cm³/mol. The van der Waals surface area contributed by atoms with Crippen molar-refractivity contribution in [3.63, 3.8) is 0 Å². The number of rotatable bonds is 4. The summed E-state index contributed by atoms with van der Waals surface area (Å²) in [6.45, 7) is 0. The lowest BCUT2D eigenvalue weighted by molar-refractivity contribution is 0.730. The number of hydrogen-bond donors (Lipinski definition) is 1. The minimum Gasteiger partial charge on any atom is -0.378 e. The van der Waals surface area contributed by atoms with E-state index in [1.165, 1.54) is 16.1 Å². The molecular formula is C14H18N2S. The van der Waals surface area contributed by atoms with Crippen molar-refractivity contribution in [1.82, 2.24) is 0 Å². The summed E-state index contributed by atoms with van der Waals surface area (Å²) in [4.78, 5) is 3.43. The van der Waals surface area contributed by atoms with Crippen LogP contribution < -0.4 is 10.6 Å². The third kappa shape index (κ3) is 3.08. The second kappa shape index (κ2) is 5.34. The first-order valence-corrected chi connectivity index (χ1v) is 6.60. The van der Waals surface area contributed by atoms with E-state index in [2.05, 4.69) is 46.7 Å². The lowest BCUT2D eigenvalue weighted by Crippen LogP contribution is -2.13. The van der Waals surface area contributed by atoms with Crippen LogP contribution in [0.2, 0.25) is 0 Å². The van der Waals surface area contributed by atoms with Crippen LogP contribution in [0.15, 0.2) is 41.8 Å². The summed E-state index contributed by atoms with van der Waals surface area (Å²) in [5.74, 6) is 0. The summed E-state index contributed by atoms with van der Waals surface area (Å²) in [5.41, 5.74) is 8.61. The molecule has 0 saturated heterocycles. The van der Waals surface area contributed by atoms with Gasteiger partial charge in [-0.05, 0) is 29.1 Å². The van der Waals surface area contributed by atoms with Crippen LogP contribution in [-0.2, 0) is 6.42 Å². The van der Waals surface area contributed by atoms with Crippen molar-refractivity contribution in [3.05, 3.63) is 52.2 Å². The maximum absolute atomic E-state index is 6.21. The minimum atomic E-state index is 0.0878. The highest BCUT2D eigenvalue weighted by Gasteiger charge is 2.07. The Morgan fingerprint density at radius 2 is 1.88 bits per heavy atom. The maximum Gasteiger partial charge on any atom is 0.0361 e. The summed E-state index contributed by atoms with van der Waals surface area (Å²) in [7, 11) is 4.08. The van der Waals surface area contributed by atoms with E-state index in [1.54, 1.807) is 11.3 Å². The lowest BCUT2D eigenvalue weighted by Gasteiger charge is -2.15. The third-order valence-corrected chi connectivity index (χ3v) is 3.74. The Bertz CT molecular complexity index is 446. The number of hydrogen-bond acceptors (Lipinski definition) is 3. The average molecular weight is 246 g/mol. The molecule has 0 aliphatic heterocycles. The zero-order valence-corrected chi connectivity index (χ0v) is 11.1. The summed E-state index contributed by atoms with van der Waals surface area (Å²) < 4.78 is 0. The van der Waals surface area contributed by atoms with Gasteiger partial charge in [0.2, 0.25) is 0 Å². The van der Waals surface area contributed by atoms with E-state index in [4.69, 9.17) is 5.73 Å². The molecule has 0 aliphatic rings. The molecule has 1 aromatic carbocycles. The molecule has 2 N–H and O–H groups in total. The first-order chi connectivity index (χ1) is 8.16. The molecule has 3 heteroatoms. The first-order valence-electron chi connectivity index (χ1n) is 5.72. The zero-order chi connectivity index (χ0) is 12.3. The summed E-state index contributed by atoms with van der Waals surface area (Å²) >= 11 is 1.77. The Balaban J connectivity index is 2.06. The van der Waals surface area contributed by atoms with Gasteiger partial charge >= 0.3 is 0 Å². The van der Waals surface area contributed by atoms with Crippen LogP contribution in [0.25, 0.3) is 0 Å². The summed E-state index contributed by atoms with van der Waals surface area (Å²) in [6, 6.07) is 12.8. The highest BCUT2D eigenvalue weighted by molar-refractivity contribution is 7.09. The van der Waals surface area contributed by atoms with E-state index in [0.717, 1.165) is 6.42 Å². The van der Waals surface area contributed by atoms with Gasteiger partial charge in [-0.2, -0.15) is 0 Å². The van der Waals surface area contributed by atoms with Gasteiger partial charge in [-0.25, -0.2) is 0 Å². The van der Waals surface area contributed by atoms with Crippen LogP contribution in [0.5, 0.6) is 0 Å².